The third-order valence-electron chi connectivity index (χ3n) is 9.47. The second-order valence-electron chi connectivity index (χ2n) is 12.3. The number of nitrogens with zero attached hydrogens (tertiary/aromatic N) is 3. The second-order valence-corrected chi connectivity index (χ2v) is 12.3. The molecule has 0 spiro atoms. The summed E-state index contributed by atoms with van der Waals surface area (Å²) in [5.41, 5.74) is 3.13. The van der Waals surface area contributed by atoms with E-state index in [4.69, 9.17) is 14.2 Å². The van der Waals surface area contributed by atoms with Crippen LogP contribution in [0.1, 0.15) is 59.1 Å². The number of methoxy groups -OCH3 is 2. The molecule has 0 bridgehead atoms. The lowest BCUT2D eigenvalue weighted by atomic mass is 9.76. The highest BCUT2D eigenvalue weighted by Crippen LogP contribution is 2.42. The number of H-pyrrole nitrogens is 1. The lowest BCUT2D eigenvalue weighted by Crippen LogP contribution is -2.41. The number of carbonyl (C=O) groups excluding carboxylic acids is 3. The van der Waals surface area contributed by atoms with Crippen LogP contribution in [0.4, 0.5) is 0 Å². The van der Waals surface area contributed by atoms with E-state index in [1.54, 1.807) is 12.1 Å². The largest absolute Gasteiger partial charge is 0.493 e. The molecule has 0 saturated carbocycles. The number of amides is 1. The molecule has 2 fully saturated rings. The Balaban J connectivity index is 1.13. The fourth-order valence-corrected chi connectivity index (χ4v) is 6.91. The minimum Gasteiger partial charge on any atom is -0.493 e. The van der Waals surface area contributed by atoms with E-state index in [-0.39, 0.29) is 40.3 Å². The van der Waals surface area contributed by atoms with Crippen LogP contribution in [0.5, 0.6) is 17.2 Å². The lowest BCUT2D eigenvalue weighted by Gasteiger charge is -2.36. The van der Waals surface area contributed by atoms with Crippen molar-refractivity contribution in [3.8, 4) is 17.2 Å². The molecule has 0 radical (unpaired) electrons. The number of aromatic amines is 1. The number of hydrogen-bond acceptors (Lipinski definition) is 8. The van der Waals surface area contributed by atoms with Gasteiger partial charge in [0.15, 0.2) is 17.3 Å². The molecule has 1 unspecified atom stereocenters. The van der Waals surface area contributed by atoms with Crippen LogP contribution in [0.15, 0.2) is 66.7 Å². The number of Topliss-reactive ketones (excluding diaryl/α,β-unsaturated/α-hetero) is 1. The molecule has 6 rings (SSSR count). The van der Waals surface area contributed by atoms with Crippen molar-refractivity contribution in [3.05, 3.63) is 83.7 Å². The Morgan fingerprint density at radius 2 is 1.61 bits per heavy atom. The van der Waals surface area contributed by atoms with Gasteiger partial charge in [-0.2, -0.15) is 0 Å². The topological polar surface area (TPSA) is 114 Å². The van der Waals surface area contributed by atoms with Crippen molar-refractivity contribution in [2.24, 2.45) is 5.92 Å². The first-order chi connectivity index (χ1) is 22.3. The summed E-state index contributed by atoms with van der Waals surface area (Å²) in [6.45, 7) is 5.05. The summed E-state index contributed by atoms with van der Waals surface area (Å²) in [7, 11) is 2.92. The zero-order valence-corrected chi connectivity index (χ0v) is 26.6. The van der Waals surface area contributed by atoms with Gasteiger partial charge >= 0.3 is 5.97 Å². The van der Waals surface area contributed by atoms with Gasteiger partial charge in [0.25, 0.3) is 5.91 Å². The van der Waals surface area contributed by atoms with Crippen molar-refractivity contribution < 1.29 is 28.6 Å². The fourth-order valence-electron chi connectivity index (χ4n) is 6.91. The summed E-state index contributed by atoms with van der Waals surface area (Å²) in [4.78, 5) is 50.9. The highest BCUT2D eigenvalue weighted by Gasteiger charge is 2.42. The van der Waals surface area contributed by atoms with Gasteiger partial charge < -0.3 is 29.0 Å². The highest BCUT2D eigenvalue weighted by atomic mass is 16.6. The summed E-state index contributed by atoms with van der Waals surface area (Å²) in [5, 5.41) is 0. The maximum Gasteiger partial charge on any atom is 0.308 e. The van der Waals surface area contributed by atoms with Gasteiger partial charge in [0.1, 0.15) is 0 Å². The van der Waals surface area contributed by atoms with Gasteiger partial charge in [-0.15, -0.1) is 0 Å². The standard InChI is InChI=1S/C36H40N4O6/c1-24(41)46-33-30(44-2)21-26(22-31(33)45-3)35(43)40-20-16-36(23-40,27-9-5-4-6-10-27)15-19-39-17-13-25(14-18-39)32(42)34-37-28-11-7-8-12-29(28)38-34/h4-12,21-22,25H,13-20,23H2,1-3H3,(H,37,38). The van der Waals surface area contributed by atoms with Crippen LogP contribution >= 0.6 is 0 Å². The van der Waals surface area contributed by atoms with E-state index in [0.717, 1.165) is 56.4 Å². The molecule has 0 aliphatic carbocycles. The average molecular weight is 625 g/mol. The van der Waals surface area contributed by atoms with Crippen LogP contribution in [-0.2, 0) is 10.2 Å². The predicted molar refractivity (Wildman–Crippen MR) is 174 cm³/mol. The molecule has 1 N–H and O–H groups in total. The van der Waals surface area contributed by atoms with Gasteiger partial charge in [-0.25, -0.2) is 4.98 Å². The van der Waals surface area contributed by atoms with Crippen molar-refractivity contribution in [2.75, 3.05) is 46.9 Å². The molecule has 1 atom stereocenters. The minimum atomic E-state index is -0.509. The van der Waals surface area contributed by atoms with E-state index in [1.807, 2.05) is 35.2 Å². The molecule has 3 aromatic carbocycles. The zero-order chi connectivity index (χ0) is 32.3. The third-order valence-corrected chi connectivity index (χ3v) is 9.47. The molecule has 2 saturated heterocycles. The number of aromatic nitrogens is 2. The Kier molecular flexibility index (Phi) is 9.08. The van der Waals surface area contributed by atoms with Crippen LogP contribution in [0.2, 0.25) is 0 Å². The molecule has 46 heavy (non-hydrogen) atoms. The van der Waals surface area contributed by atoms with Gasteiger partial charge in [0, 0.05) is 36.9 Å². The van der Waals surface area contributed by atoms with Crippen LogP contribution in [0, 0.1) is 5.92 Å². The maximum atomic E-state index is 13.9. The molecular formula is C36H40N4O6. The summed E-state index contributed by atoms with van der Waals surface area (Å²) in [5.74, 6) is 0.532. The first-order valence-corrected chi connectivity index (χ1v) is 15.8. The SMILES string of the molecule is COc1cc(C(=O)N2CCC(CCN3CCC(C(=O)c4nc5ccccc5[nH]4)CC3)(c3ccccc3)C2)cc(OC)c1OC(C)=O. The smallest absolute Gasteiger partial charge is 0.308 e. The van der Waals surface area contributed by atoms with Gasteiger partial charge in [0.2, 0.25) is 11.5 Å². The molecule has 10 heteroatoms. The van der Waals surface area contributed by atoms with Crippen molar-refractivity contribution in [3.63, 3.8) is 0 Å². The number of ketones is 1. The molecule has 10 nitrogen and oxygen atoms in total. The van der Waals surface area contributed by atoms with Crippen molar-refractivity contribution in [1.82, 2.24) is 19.8 Å². The number of hydrogen-bond donors (Lipinski definition) is 1. The van der Waals surface area contributed by atoms with Gasteiger partial charge in [-0.05, 0) is 75.1 Å². The number of nitrogens with one attached hydrogen (secondary N) is 1. The summed E-state index contributed by atoms with van der Waals surface area (Å²) < 4.78 is 16.2. The van der Waals surface area contributed by atoms with Gasteiger partial charge in [0.05, 0.1) is 25.3 Å². The Labute approximate surface area is 268 Å². The maximum absolute atomic E-state index is 13.9. The first-order valence-electron chi connectivity index (χ1n) is 15.8. The zero-order valence-electron chi connectivity index (χ0n) is 26.6. The minimum absolute atomic E-state index is 0.0410. The van der Waals surface area contributed by atoms with E-state index in [9.17, 15) is 14.4 Å². The van der Waals surface area contributed by atoms with Gasteiger partial charge in [-0.1, -0.05) is 42.5 Å². The van der Waals surface area contributed by atoms with E-state index in [2.05, 4.69) is 39.1 Å². The first kappa shape index (κ1) is 31.3. The number of rotatable bonds is 10. The quantitative estimate of drug-likeness (QED) is 0.144. The number of esters is 1. The van der Waals surface area contributed by atoms with Crippen LogP contribution in [0.3, 0.4) is 0 Å². The van der Waals surface area contributed by atoms with Crippen LogP contribution in [0.25, 0.3) is 11.0 Å². The molecule has 1 aromatic heterocycles. The summed E-state index contributed by atoms with van der Waals surface area (Å²) >= 11 is 0. The number of carbonyl (C=O) groups is 3. The predicted octanol–water partition coefficient (Wildman–Crippen LogP) is 5.27. The molecule has 3 heterocycles. The number of fused-ring (bicyclic) bond motifs is 1. The number of benzene rings is 3. The molecule has 240 valence electrons. The van der Waals surface area contributed by atoms with E-state index in [0.29, 0.717) is 24.5 Å². The Morgan fingerprint density at radius 3 is 2.26 bits per heavy atom. The molecule has 4 aromatic rings. The van der Waals surface area contributed by atoms with Crippen LogP contribution in [-0.4, -0.2) is 84.4 Å². The lowest BCUT2D eigenvalue weighted by molar-refractivity contribution is -0.132. The number of likely N-dealkylation sites (tertiary alicyclic amines) is 2. The monoisotopic (exact) mass is 624 g/mol. The Hall–Kier alpha value is -4.70. The number of para-hydroxylation sites is 2. The summed E-state index contributed by atoms with van der Waals surface area (Å²) in [6, 6.07) is 21.4. The van der Waals surface area contributed by atoms with E-state index < -0.39 is 5.97 Å². The Bertz CT molecular complexity index is 1670. The molecule has 2 aliphatic heterocycles. The van der Waals surface area contributed by atoms with Crippen molar-refractivity contribution in [1.29, 1.82) is 0 Å². The highest BCUT2D eigenvalue weighted by molar-refractivity contribution is 5.97. The van der Waals surface area contributed by atoms with E-state index in [1.165, 1.54) is 26.7 Å². The van der Waals surface area contributed by atoms with Crippen molar-refractivity contribution >= 4 is 28.7 Å². The number of ether oxygens (including phenoxy) is 3. The van der Waals surface area contributed by atoms with Crippen LogP contribution < -0.4 is 14.2 Å². The molecule has 2 aliphatic rings. The van der Waals surface area contributed by atoms with E-state index >= 15 is 0 Å². The third kappa shape index (κ3) is 6.35. The second kappa shape index (κ2) is 13.3. The summed E-state index contributed by atoms with van der Waals surface area (Å²) in [6.07, 6.45) is 3.32. The Morgan fingerprint density at radius 1 is 0.935 bits per heavy atom. The van der Waals surface area contributed by atoms with Crippen molar-refractivity contribution in [2.45, 2.75) is 38.0 Å². The number of piperidine rings is 1. The van der Waals surface area contributed by atoms with Gasteiger partial charge in [-0.3, -0.25) is 14.4 Å². The fraction of sp³-hybridized carbons (Fsp3) is 0.389. The average Bonchev–Trinajstić information content (AvgIpc) is 3.73. The normalized spacial score (nSPS) is 18.9. The molecule has 1 amide bonds. The number of imidazole rings is 1. The molecular weight excluding hydrogens is 584 g/mol.